The zero-order valence-electron chi connectivity index (χ0n) is 12.4. The SMILES string of the molecule is C[C@@H](C(=O)c1cc(F)cc(F)c1)N(Cc1ccccc1)C(=O)O. The maximum absolute atomic E-state index is 13.2. The van der Waals surface area contributed by atoms with Gasteiger partial charge in [-0.05, 0) is 24.6 Å². The van der Waals surface area contributed by atoms with Crippen LogP contribution in [0.3, 0.4) is 0 Å². The molecule has 6 heteroatoms. The third-order valence-corrected chi connectivity index (χ3v) is 3.44. The molecule has 0 heterocycles. The molecule has 1 atom stereocenters. The first kappa shape index (κ1) is 16.6. The van der Waals surface area contributed by atoms with Gasteiger partial charge in [0.15, 0.2) is 5.78 Å². The van der Waals surface area contributed by atoms with Crippen LogP contribution in [0, 0.1) is 11.6 Å². The molecule has 0 fully saturated rings. The number of hydrogen-bond acceptors (Lipinski definition) is 2. The summed E-state index contributed by atoms with van der Waals surface area (Å²) in [7, 11) is 0. The van der Waals surface area contributed by atoms with Crippen molar-refractivity contribution in [1.82, 2.24) is 4.90 Å². The molecule has 0 spiro atoms. The Morgan fingerprint density at radius 3 is 2.17 bits per heavy atom. The van der Waals surface area contributed by atoms with E-state index in [0.29, 0.717) is 11.6 Å². The first-order valence-electron chi connectivity index (χ1n) is 6.92. The molecule has 0 aliphatic carbocycles. The highest BCUT2D eigenvalue weighted by Crippen LogP contribution is 2.15. The number of benzene rings is 2. The minimum absolute atomic E-state index is 0.000871. The van der Waals surface area contributed by atoms with Crippen molar-refractivity contribution in [3.63, 3.8) is 0 Å². The zero-order valence-corrected chi connectivity index (χ0v) is 12.4. The Bertz CT molecular complexity index is 699. The number of halogens is 2. The highest BCUT2D eigenvalue weighted by atomic mass is 19.1. The van der Waals surface area contributed by atoms with Gasteiger partial charge in [-0.25, -0.2) is 13.6 Å². The van der Waals surface area contributed by atoms with E-state index in [1.807, 2.05) is 0 Å². The van der Waals surface area contributed by atoms with E-state index in [4.69, 9.17) is 0 Å². The molecule has 0 radical (unpaired) electrons. The molecule has 4 nitrogen and oxygen atoms in total. The van der Waals surface area contributed by atoms with E-state index in [-0.39, 0.29) is 12.1 Å². The van der Waals surface area contributed by atoms with Gasteiger partial charge in [0.2, 0.25) is 0 Å². The average Bonchev–Trinajstić information content (AvgIpc) is 2.51. The molecular weight excluding hydrogens is 304 g/mol. The number of rotatable bonds is 5. The molecule has 0 aliphatic heterocycles. The van der Waals surface area contributed by atoms with E-state index in [2.05, 4.69) is 0 Å². The summed E-state index contributed by atoms with van der Waals surface area (Å²) < 4.78 is 26.5. The normalized spacial score (nSPS) is 11.8. The summed E-state index contributed by atoms with van der Waals surface area (Å²) in [5.74, 6) is -2.43. The molecule has 0 aliphatic rings. The molecule has 2 aromatic rings. The number of Topliss-reactive ketones (excluding diaryl/α,β-unsaturated/α-hetero) is 1. The van der Waals surface area contributed by atoms with Crippen molar-refractivity contribution < 1.29 is 23.5 Å². The quantitative estimate of drug-likeness (QED) is 0.855. The lowest BCUT2D eigenvalue weighted by Gasteiger charge is -2.25. The van der Waals surface area contributed by atoms with Crippen LogP contribution in [0.5, 0.6) is 0 Å². The molecule has 0 aromatic heterocycles. The summed E-state index contributed by atoms with van der Waals surface area (Å²) >= 11 is 0. The van der Waals surface area contributed by atoms with Gasteiger partial charge in [-0.3, -0.25) is 9.69 Å². The van der Waals surface area contributed by atoms with E-state index in [9.17, 15) is 23.5 Å². The van der Waals surface area contributed by atoms with E-state index in [1.54, 1.807) is 30.3 Å². The van der Waals surface area contributed by atoms with Gasteiger partial charge in [-0.1, -0.05) is 30.3 Å². The predicted octanol–water partition coefficient (Wildman–Crippen LogP) is 3.72. The second-order valence-electron chi connectivity index (χ2n) is 5.09. The standard InChI is InChI=1S/C17H15F2NO3/c1-11(16(21)13-7-14(18)9-15(19)8-13)20(17(22)23)10-12-5-3-2-4-6-12/h2-9,11H,10H2,1H3,(H,22,23)/t11-/m0/s1. The summed E-state index contributed by atoms with van der Waals surface area (Å²) in [6.45, 7) is 1.39. The van der Waals surface area contributed by atoms with Crippen LogP contribution in [-0.4, -0.2) is 27.9 Å². The number of carbonyl (C=O) groups is 2. The molecule has 2 rings (SSSR count). The maximum atomic E-state index is 13.2. The Balaban J connectivity index is 2.25. The fraction of sp³-hybridized carbons (Fsp3) is 0.176. The number of carbonyl (C=O) groups excluding carboxylic acids is 1. The maximum Gasteiger partial charge on any atom is 0.408 e. The van der Waals surface area contributed by atoms with Crippen molar-refractivity contribution in [1.29, 1.82) is 0 Å². The first-order chi connectivity index (χ1) is 10.9. The van der Waals surface area contributed by atoms with Crippen LogP contribution in [0.2, 0.25) is 0 Å². The van der Waals surface area contributed by atoms with Gasteiger partial charge in [-0.2, -0.15) is 0 Å². The monoisotopic (exact) mass is 319 g/mol. The van der Waals surface area contributed by atoms with Crippen molar-refractivity contribution in [3.8, 4) is 0 Å². The number of amides is 1. The van der Waals surface area contributed by atoms with Crippen LogP contribution >= 0.6 is 0 Å². The Kier molecular flexibility index (Phi) is 5.05. The third kappa shape index (κ3) is 4.12. The minimum atomic E-state index is -1.29. The molecule has 0 saturated carbocycles. The van der Waals surface area contributed by atoms with Crippen molar-refractivity contribution in [2.24, 2.45) is 0 Å². The molecule has 120 valence electrons. The lowest BCUT2D eigenvalue weighted by Crippen LogP contribution is -2.42. The molecule has 0 bridgehead atoms. The summed E-state index contributed by atoms with van der Waals surface area (Å²) in [4.78, 5) is 24.7. The lowest BCUT2D eigenvalue weighted by molar-refractivity contribution is 0.0795. The second-order valence-corrected chi connectivity index (χ2v) is 5.09. The molecule has 2 aromatic carbocycles. The molecule has 23 heavy (non-hydrogen) atoms. The van der Waals surface area contributed by atoms with E-state index < -0.39 is 29.6 Å². The number of ketones is 1. The number of carboxylic acid groups (broad SMARTS) is 1. The van der Waals surface area contributed by atoms with Crippen LogP contribution in [0.1, 0.15) is 22.8 Å². The molecule has 1 amide bonds. The van der Waals surface area contributed by atoms with Crippen molar-refractivity contribution in [2.75, 3.05) is 0 Å². The molecule has 0 unspecified atom stereocenters. The van der Waals surface area contributed by atoms with Gasteiger partial charge in [0.25, 0.3) is 0 Å². The van der Waals surface area contributed by atoms with Gasteiger partial charge in [-0.15, -0.1) is 0 Å². The van der Waals surface area contributed by atoms with Gasteiger partial charge in [0, 0.05) is 18.2 Å². The van der Waals surface area contributed by atoms with Gasteiger partial charge in [0.1, 0.15) is 11.6 Å². The van der Waals surface area contributed by atoms with Gasteiger partial charge < -0.3 is 5.11 Å². The highest BCUT2D eigenvalue weighted by molar-refractivity contribution is 6.01. The summed E-state index contributed by atoms with van der Waals surface area (Å²) in [5.41, 5.74) is 0.509. The summed E-state index contributed by atoms with van der Waals surface area (Å²) in [6.07, 6.45) is -1.29. The lowest BCUT2D eigenvalue weighted by atomic mass is 10.0. The minimum Gasteiger partial charge on any atom is -0.465 e. The van der Waals surface area contributed by atoms with E-state index in [1.165, 1.54) is 6.92 Å². The van der Waals surface area contributed by atoms with Gasteiger partial charge >= 0.3 is 6.09 Å². The van der Waals surface area contributed by atoms with E-state index >= 15 is 0 Å². The van der Waals surface area contributed by atoms with Crippen molar-refractivity contribution in [3.05, 3.63) is 71.3 Å². The fourth-order valence-electron chi connectivity index (χ4n) is 2.23. The van der Waals surface area contributed by atoms with Crippen molar-refractivity contribution in [2.45, 2.75) is 19.5 Å². The third-order valence-electron chi connectivity index (χ3n) is 3.44. The molecule has 0 saturated heterocycles. The second kappa shape index (κ2) is 7.00. The Morgan fingerprint density at radius 2 is 1.65 bits per heavy atom. The van der Waals surface area contributed by atoms with Crippen molar-refractivity contribution >= 4 is 11.9 Å². The van der Waals surface area contributed by atoms with E-state index in [0.717, 1.165) is 17.0 Å². The first-order valence-corrected chi connectivity index (χ1v) is 6.92. The largest absolute Gasteiger partial charge is 0.465 e. The Hall–Kier alpha value is -2.76. The average molecular weight is 319 g/mol. The molecule has 1 N–H and O–H groups in total. The van der Waals surface area contributed by atoms with Crippen LogP contribution in [0.4, 0.5) is 13.6 Å². The van der Waals surface area contributed by atoms with Crippen LogP contribution in [0.15, 0.2) is 48.5 Å². The summed E-state index contributed by atoms with van der Waals surface area (Å²) in [5, 5.41) is 9.34. The van der Waals surface area contributed by atoms with Crippen LogP contribution < -0.4 is 0 Å². The number of nitrogens with zero attached hydrogens (tertiary/aromatic N) is 1. The topological polar surface area (TPSA) is 57.6 Å². The van der Waals surface area contributed by atoms with Crippen LogP contribution in [0.25, 0.3) is 0 Å². The predicted molar refractivity (Wildman–Crippen MR) is 80.2 cm³/mol. The summed E-state index contributed by atoms with van der Waals surface area (Å²) in [6, 6.07) is 10.1. The zero-order chi connectivity index (χ0) is 17.0. The Labute approximate surface area is 132 Å². The Morgan fingerprint density at radius 1 is 1.09 bits per heavy atom. The fourth-order valence-corrected chi connectivity index (χ4v) is 2.23. The smallest absolute Gasteiger partial charge is 0.408 e. The molecular formula is C17H15F2NO3. The van der Waals surface area contributed by atoms with Crippen LogP contribution in [-0.2, 0) is 6.54 Å². The van der Waals surface area contributed by atoms with Gasteiger partial charge in [0.05, 0.1) is 6.04 Å². The number of hydrogen-bond donors (Lipinski definition) is 1. The highest BCUT2D eigenvalue weighted by Gasteiger charge is 2.27.